The number of carbonyl (C=O) groups is 2. The summed E-state index contributed by atoms with van der Waals surface area (Å²) in [5.41, 5.74) is 2.03. The van der Waals surface area contributed by atoms with E-state index in [0.717, 1.165) is 20.5 Å². The molecule has 0 saturated carbocycles. The zero-order valence-electron chi connectivity index (χ0n) is 15.1. The number of thiophene rings is 1. The fourth-order valence-corrected chi connectivity index (χ4v) is 5.42. The Hall–Kier alpha value is -2.16. The number of benzene rings is 1. The summed E-state index contributed by atoms with van der Waals surface area (Å²) in [6.45, 7) is 2.35. The van der Waals surface area contributed by atoms with E-state index in [1.165, 1.54) is 23.1 Å². The Balaban J connectivity index is 1.26. The maximum atomic E-state index is 12.5. The van der Waals surface area contributed by atoms with E-state index in [9.17, 15) is 9.59 Å². The highest BCUT2D eigenvalue weighted by Gasteiger charge is 2.25. The second-order valence-electron chi connectivity index (χ2n) is 6.30. The molecule has 1 fully saturated rings. The van der Waals surface area contributed by atoms with E-state index in [1.54, 1.807) is 11.3 Å². The standard InChI is InChI=1S/C20H19N3O2S3/c24-18(14-28-20-21-16(13-27-20)15-5-2-1-3-6-15)22-8-10-23(11-9-22)19(25)17-7-4-12-26-17/h1-7,12-13H,8-11,14H2. The van der Waals surface area contributed by atoms with E-state index in [4.69, 9.17) is 0 Å². The normalized spacial score (nSPS) is 14.3. The Morgan fingerprint density at radius 2 is 1.71 bits per heavy atom. The van der Waals surface area contributed by atoms with Crippen LogP contribution in [0, 0.1) is 0 Å². The number of nitrogens with zero attached hydrogens (tertiary/aromatic N) is 3. The van der Waals surface area contributed by atoms with Gasteiger partial charge in [-0.15, -0.1) is 22.7 Å². The maximum Gasteiger partial charge on any atom is 0.264 e. The summed E-state index contributed by atoms with van der Waals surface area (Å²) < 4.78 is 0.902. The summed E-state index contributed by atoms with van der Waals surface area (Å²) in [6.07, 6.45) is 0. The minimum Gasteiger partial charge on any atom is -0.338 e. The molecule has 0 radical (unpaired) electrons. The van der Waals surface area contributed by atoms with Gasteiger partial charge in [-0.1, -0.05) is 48.2 Å². The Labute approximate surface area is 176 Å². The molecule has 0 spiro atoms. The molecular formula is C20H19N3O2S3. The molecule has 5 nitrogen and oxygen atoms in total. The van der Waals surface area contributed by atoms with Gasteiger partial charge in [0.25, 0.3) is 5.91 Å². The highest BCUT2D eigenvalue weighted by Crippen LogP contribution is 2.28. The summed E-state index contributed by atoms with van der Waals surface area (Å²) >= 11 is 4.50. The van der Waals surface area contributed by atoms with E-state index < -0.39 is 0 Å². The fraction of sp³-hybridized carbons (Fsp3) is 0.250. The molecule has 0 N–H and O–H groups in total. The molecule has 2 amide bonds. The van der Waals surface area contributed by atoms with Crippen LogP contribution in [0.5, 0.6) is 0 Å². The molecule has 144 valence electrons. The van der Waals surface area contributed by atoms with Crippen molar-refractivity contribution >= 4 is 46.2 Å². The summed E-state index contributed by atoms with van der Waals surface area (Å²) in [6, 6.07) is 13.8. The van der Waals surface area contributed by atoms with Crippen molar-refractivity contribution in [2.75, 3.05) is 31.9 Å². The van der Waals surface area contributed by atoms with Crippen LogP contribution in [0.3, 0.4) is 0 Å². The Morgan fingerprint density at radius 1 is 0.964 bits per heavy atom. The molecule has 0 unspecified atom stereocenters. The third-order valence-corrected chi connectivity index (χ3v) is 7.39. The van der Waals surface area contributed by atoms with Crippen molar-refractivity contribution in [3.05, 3.63) is 58.1 Å². The quantitative estimate of drug-likeness (QED) is 0.577. The summed E-state index contributed by atoms with van der Waals surface area (Å²) in [5.74, 6) is 0.540. The molecule has 4 rings (SSSR count). The van der Waals surface area contributed by atoms with Gasteiger partial charge < -0.3 is 9.80 Å². The molecule has 0 atom stereocenters. The van der Waals surface area contributed by atoms with Gasteiger partial charge >= 0.3 is 0 Å². The van der Waals surface area contributed by atoms with Crippen LogP contribution < -0.4 is 0 Å². The predicted molar refractivity (Wildman–Crippen MR) is 115 cm³/mol. The van der Waals surface area contributed by atoms with Crippen LogP contribution in [0.15, 0.2) is 57.6 Å². The van der Waals surface area contributed by atoms with Gasteiger partial charge in [0, 0.05) is 37.1 Å². The number of thioether (sulfide) groups is 1. The lowest BCUT2D eigenvalue weighted by molar-refractivity contribution is -0.129. The summed E-state index contributed by atoms with van der Waals surface area (Å²) in [5, 5.41) is 3.93. The zero-order chi connectivity index (χ0) is 19.3. The van der Waals surface area contributed by atoms with Gasteiger partial charge in [0.1, 0.15) is 0 Å². The van der Waals surface area contributed by atoms with Crippen LogP contribution in [0.25, 0.3) is 11.3 Å². The van der Waals surface area contributed by atoms with Gasteiger partial charge in [-0.2, -0.15) is 0 Å². The number of rotatable bonds is 5. The van der Waals surface area contributed by atoms with E-state index >= 15 is 0 Å². The van der Waals surface area contributed by atoms with E-state index in [1.807, 2.05) is 63.0 Å². The molecule has 3 aromatic rings. The van der Waals surface area contributed by atoms with Crippen molar-refractivity contribution in [3.63, 3.8) is 0 Å². The highest BCUT2D eigenvalue weighted by molar-refractivity contribution is 8.01. The van der Waals surface area contributed by atoms with Crippen LogP contribution in [0.2, 0.25) is 0 Å². The first-order valence-electron chi connectivity index (χ1n) is 8.95. The van der Waals surface area contributed by atoms with Crippen molar-refractivity contribution in [1.82, 2.24) is 14.8 Å². The van der Waals surface area contributed by atoms with Crippen molar-refractivity contribution in [2.24, 2.45) is 0 Å². The first-order chi connectivity index (χ1) is 13.7. The Bertz CT molecular complexity index is 933. The number of aromatic nitrogens is 1. The molecule has 2 aromatic heterocycles. The second-order valence-corrected chi connectivity index (χ2v) is 9.33. The van der Waals surface area contributed by atoms with Crippen molar-refractivity contribution < 1.29 is 9.59 Å². The molecule has 1 saturated heterocycles. The lowest BCUT2D eigenvalue weighted by Crippen LogP contribution is -2.50. The predicted octanol–water partition coefficient (Wildman–Crippen LogP) is 3.95. The summed E-state index contributed by atoms with van der Waals surface area (Å²) in [4.78, 5) is 34.0. The molecule has 0 bridgehead atoms. The fourth-order valence-electron chi connectivity index (χ4n) is 2.99. The molecule has 1 aliphatic heterocycles. The van der Waals surface area contributed by atoms with Crippen LogP contribution in [0.1, 0.15) is 9.67 Å². The summed E-state index contributed by atoms with van der Waals surface area (Å²) in [7, 11) is 0. The van der Waals surface area contributed by atoms with Crippen LogP contribution in [0.4, 0.5) is 0 Å². The molecule has 28 heavy (non-hydrogen) atoms. The highest BCUT2D eigenvalue weighted by atomic mass is 32.2. The molecule has 0 aliphatic carbocycles. The van der Waals surface area contributed by atoms with Gasteiger partial charge in [-0.05, 0) is 11.4 Å². The van der Waals surface area contributed by atoms with E-state index in [2.05, 4.69) is 4.98 Å². The average Bonchev–Trinajstić information content (AvgIpc) is 3.44. The third kappa shape index (κ3) is 4.45. The lowest BCUT2D eigenvalue weighted by atomic mass is 10.2. The topological polar surface area (TPSA) is 53.5 Å². The van der Waals surface area contributed by atoms with E-state index in [0.29, 0.717) is 31.9 Å². The minimum atomic E-state index is 0.0627. The number of piperazine rings is 1. The number of thiazole rings is 1. The first-order valence-corrected chi connectivity index (χ1v) is 11.7. The van der Waals surface area contributed by atoms with Gasteiger partial charge in [-0.25, -0.2) is 4.98 Å². The molecule has 1 aromatic carbocycles. The smallest absolute Gasteiger partial charge is 0.264 e. The molecule has 3 heterocycles. The van der Waals surface area contributed by atoms with Crippen LogP contribution in [-0.4, -0.2) is 58.5 Å². The molecule has 8 heteroatoms. The minimum absolute atomic E-state index is 0.0627. The lowest BCUT2D eigenvalue weighted by Gasteiger charge is -2.34. The first kappa shape index (κ1) is 19.2. The van der Waals surface area contributed by atoms with Gasteiger partial charge in [0.15, 0.2) is 4.34 Å². The number of carbonyl (C=O) groups excluding carboxylic acids is 2. The third-order valence-electron chi connectivity index (χ3n) is 4.52. The molecule has 1 aliphatic rings. The SMILES string of the molecule is O=C(CSc1nc(-c2ccccc2)cs1)N1CCN(C(=O)c2cccs2)CC1. The monoisotopic (exact) mass is 429 g/mol. The zero-order valence-corrected chi connectivity index (χ0v) is 17.6. The van der Waals surface area contributed by atoms with Crippen LogP contribution in [-0.2, 0) is 4.79 Å². The van der Waals surface area contributed by atoms with Gasteiger partial charge in [-0.3, -0.25) is 9.59 Å². The van der Waals surface area contributed by atoms with Crippen molar-refractivity contribution in [1.29, 1.82) is 0 Å². The molecular weight excluding hydrogens is 410 g/mol. The van der Waals surface area contributed by atoms with Crippen molar-refractivity contribution in [3.8, 4) is 11.3 Å². The largest absolute Gasteiger partial charge is 0.338 e. The van der Waals surface area contributed by atoms with E-state index in [-0.39, 0.29) is 11.8 Å². The number of amides is 2. The maximum absolute atomic E-state index is 12.5. The van der Waals surface area contributed by atoms with Crippen LogP contribution >= 0.6 is 34.4 Å². The van der Waals surface area contributed by atoms with Gasteiger partial charge in [0.05, 0.1) is 16.3 Å². The average molecular weight is 430 g/mol. The van der Waals surface area contributed by atoms with Crippen molar-refractivity contribution in [2.45, 2.75) is 4.34 Å². The second kappa shape index (κ2) is 8.89. The number of hydrogen-bond donors (Lipinski definition) is 0. The Morgan fingerprint density at radius 3 is 2.43 bits per heavy atom. The van der Waals surface area contributed by atoms with Gasteiger partial charge in [0.2, 0.25) is 5.91 Å². The Kier molecular flexibility index (Phi) is 6.09. The number of hydrogen-bond acceptors (Lipinski definition) is 6.